The summed E-state index contributed by atoms with van der Waals surface area (Å²) < 4.78 is 14.3. The van der Waals surface area contributed by atoms with Crippen molar-refractivity contribution in [3.8, 4) is 29.3 Å². The summed E-state index contributed by atoms with van der Waals surface area (Å²) in [6.45, 7) is 2.43. The van der Waals surface area contributed by atoms with E-state index < -0.39 is 11.2 Å². The van der Waals surface area contributed by atoms with Crippen LogP contribution in [0.15, 0.2) is 54.6 Å². The number of fused-ring (bicyclic) bond motifs is 7. The van der Waals surface area contributed by atoms with E-state index >= 15 is 0 Å². The van der Waals surface area contributed by atoms with Crippen LogP contribution in [0.3, 0.4) is 0 Å². The summed E-state index contributed by atoms with van der Waals surface area (Å²) in [4.78, 5) is 0. The maximum Gasteiger partial charge on any atom is 0.205 e. The summed E-state index contributed by atoms with van der Waals surface area (Å²) in [5, 5.41) is 34.2. The van der Waals surface area contributed by atoms with Crippen molar-refractivity contribution in [2.24, 2.45) is 0 Å². The van der Waals surface area contributed by atoms with E-state index in [0.717, 1.165) is 42.2 Å². The number of rotatable bonds is 5. The lowest BCUT2D eigenvalue weighted by atomic mass is 9.78. The zero-order chi connectivity index (χ0) is 25.4. The number of hydrogen-bond donors (Lipinski definition) is 2. The van der Waals surface area contributed by atoms with Gasteiger partial charge in [0.1, 0.15) is 11.4 Å². The standard InChI is InChI=1S/C31H28N2O4/c1-30-13-14-31(37-30,15-16-36-22-11-9-19-5-4-6-20(19)17-22)27-26(30)28(34)33(29(27)35)25-12-10-21(18-32)23-7-2-3-8-24(23)25/h2-3,7-12,17,34-35H,4-6,13-16H2,1H3/t30-,31-/m0/s1. The average molecular weight is 493 g/mol. The molecule has 1 aliphatic carbocycles. The third-order valence-corrected chi connectivity index (χ3v) is 8.64. The van der Waals surface area contributed by atoms with Crippen molar-refractivity contribution in [1.82, 2.24) is 4.57 Å². The Bertz CT molecular complexity index is 1630. The lowest BCUT2D eigenvalue weighted by Gasteiger charge is -2.26. The van der Waals surface area contributed by atoms with Gasteiger partial charge in [0, 0.05) is 17.2 Å². The maximum atomic E-state index is 11.6. The van der Waals surface area contributed by atoms with E-state index in [0.29, 0.717) is 35.4 Å². The van der Waals surface area contributed by atoms with Crippen molar-refractivity contribution in [3.63, 3.8) is 0 Å². The van der Waals surface area contributed by atoms with Gasteiger partial charge in [0.05, 0.1) is 40.7 Å². The zero-order valence-electron chi connectivity index (χ0n) is 20.8. The van der Waals surface area contributed by atoms with E-state index in [1.807, 2.05) is 37.3 Å². The molecule has 3 aliphatic rings. The van der Waals surface area contributed by atoms with Crippen molar-refractivity contribution in [2.75, 3.05) is 6.61 Å². The molecular formula is C31H28N2O4. The summed E-state index contributed by atoms with van der Waals surface area (Å²) >= 11 is 0. The first-order valence-electron chi connectivity index (χ1n) is 13.0. The Labute approximate surface area is 215 Å². The van der Waals surface area contributed by atoms with Crippen LogP contribution in [0.2, 0.25) is 0 Å². The minimum absolute atomic E-state index is 0.00836. The van der Waals surface area contributed by atoms with Crippen LogP contribution in [0.4, 0.5) is 0 Å². The molecule has 0 saturated carbocycles. The Kier molecular flexibility index (Phi) is 4.68. The first kappa shape index (κ1) is 22.3. The largest absolute Gasteiger partial charge is 0.494 e. The molecule has 37 heavy (non-hydrogen) atoms. The van der Waals surface area contributed by atoms with Crippen LogP contribution in [-0.2, 0) is 28.8 Å². The van der Waals surface area contributed by atoms with E-state index in [-0.39, 0.29) is 11.8 Å². The van der Waals surface area contributed by atoms with Gasteiger partial charge in [0.2, 0.25) is 11.8 Å². The number of nitriles is 1. The minimum Gasteiger partial charge on any atom is -0.494 e. The minimum atomic E-state index is -0.726. The molecule has 1 saturated heterocycles. The fourth-order valence-electron chi connectivity index (χ4n) is 6.88. The number of ether oxygens (including phenoxy) is 2. The highest BCUT2D eigenvalue weighted by molar-refractivity contribution is 5.95. The molecule has 4 aromatic rings. The average Bonchev–Trinajstić information content (AvgIpc) is 3.63. The van der Waals surface area contributed by atoms with E-state index in [1.165, 1.54) is 22.1 Å². The number of aromatic hydroxyl groups is 2. The molecule has 0 unspecified atom stereocenters. The molecule has 6 heteroatoms. The Hall–Kier alpha value is -3.95. The monoisotopic (exact) mass is 492 g/mol. The van der Waals surface area contributed by atoms with Gasteiger partial charge in [-0.05, 0) is 74.4 Å². The molecule has 0 radical (unpaired) electrons. The maximum absolute atomic E-state index is 11.6. The Morgan fingerprint density at radius 3 is 2.59 bits per heavy atom. The van der Waals surface area contributed by atoms with Crippen LogP contribution >= 0.6 is 0 Å². The number of aromatic nitrogens is 1. The molecule has 1 fully saturated rings. The van der Waals surface area contributed by atoms with E-state index in [4.69, 9.17) is 9.47 Å². The normalized spacial score (nSPS) is 23.2. The van der Waals surface area contributed by atoms with Crippen molar-refractivity contribution in [1.29, 1.82) is 5.26 Å². The Balaban J connectivity index is 1.27. The molecule has 2 N–H and O–H groups in total. The highest BCUT2D eigenvalue weighted by Crippen LogP contribution is 2.65. The second-order valence-corrected chi connectivity index (χ2v) is 10.7. The molecule has 2 bridgehead atoms. The van der Waals surface area contributed by atoms with Crippen molar-refractivity contribution < 1.29 is 19.7 Å². The highest BCUT2D eigenvalue weighted by atomic mass is 16.5. The molecule has 1 aromatic heterocycles. The molecule has 6 nitrogen and oxygen atoms in total. The highest BCUT2D eigenvalue weighted by Gasteiger charge is 2.61. The second kappa shape index (κ2) is 7.77. The SMILES string of the molecule is C[C@@]12CC[C@@](CCOc3ccc4c(c3)CCC4)(O1)c1c2c(O)n(-c2ccc(C#N)c3ccccc23)c1O. The Morgan fingerprint density at radius 1 is 0.973 bits per heavy atom. The molecule has 7 rings (SSSR count). The summed E-state index contributed by atoms with van der Waals surface area (Å²) in [6.07, 6.45) is 5.51. The van der Waals surface area contributed by atoms with Gasteiger partial charge < -0.3 is 19.7 Å². The van der Waals surface area contributed by atoms with Crippen LogP contribution in [0.5, 0.6) is 17.5 Å². The zero-order valence-corrected chi connectivity index (χ0v) is 20.8. The number of aryl methyl sites for hydroxylation is 2. The summed E-state index contributed by atoms with van der Waals surface area (Å²) in [5.41, 5.74) is 3.87. The predicted octanol–water partition coefficient (Wildman–Crippen LogP) is 6.11. The summed E-state index contributed by atoms with van der Waals surface area (Å²) in [6, 6.07) is 19.7. The summed E-state index contributed by atoms with van der Waals surface area (Å²) in [7, 11) is 0. The lowest BCUT2D eigenvalue weighted by Crippen LogP contribution is -2.25. The van der Waals surface area contributed by atoms with Gasteiger partial charge in [-0.3, -0.25) is 4.57 Å². The fourth-order valence-corrected chi connectivity index (χ4v) is 6.88. The Morgan fingerprint density at radius 2 is 1.76 bits per heavy atom. The molecular weight excluding hydrogens is 464 g/mol. The molecule has 186 valence electrons. The second-order valence-electron chi connectivity index (χ2n) is 10.7. The van der Waals surface area contributed by atoms with Gasteiger partial charge in [0.25, 0.3) is 0 Å². The third kappa shape index (κ3) is 3.07. The van der Waals surface area contributed by atoms with E-state index in [2.05, 4.69) is 18.2 Å². The topological polar surface area (TPSA) is 87.6 Å². The van der Waals surface area contributed by atoms with Crippen molar-refractivity contribution in [2.45, 2.75) is 56.7 Å². The van der Waals surface area contributed by atoms with Crippen LogP contribution in [0, 0.1) is 11.3 Å². The molecule has 2 atom stereocenters. The number of hydrogen-bond acceptors (Lipinski definition) is 5. The number of benzene rings is 3. The molecule has 3 heterocycles. The predicted molar refractivity (Wildman–Crippen MR) is 139 cm³/mol. The molecule has 0 spiro atoms. The van der Waals surface area contributed by atoms with E-state index in [9.17, 15) is 15.5 Å². The molecule has 0 amide bonds. The molecule has 3 aromatic carbocycles. The van der Waals surface area contributed by atoms with Gasteiger partial charge >= 0.3 is 0 Å². The lowest BCUT2D eigenvalue weighted by molar-refractivity contribution is -0.0876. The number of nitrogens with zero attached hydrogens (tertiary/aromatic N) is 2. The van der Waals surface area contributed by atoms with Crippen molar-refractivity contribution >= 4 is 10.8 Å². The van der Waals surface area contributed by atoms with Crippen LogP contribution in [-0.4, -0.2) is 21.4 Å². The van der Waals surface area contributed by atoms with Crippen LogP contribution in [0.25, 0.3) is 16.5 Å². The van der Waals surface area contributed by atoms with Crippen LogP contribution < -0.4 is 4.74 Å². The van der Waals surface area contributed by atoms with Gasteiger partial charge in [-0.25, -0.2) is 0 Å². The first-order valence-corrected chi connectivity index (χ1v) is 13.0. The van der Waals surface area contributed by atoms with E-state index in [1.54, 1.807) is 12.1 Å². The van der Waals surface area contributed by atoms with Gasteiger partial charge in [-0.1, -0.05) is 30.3 Å². The first-order chi connectivity index (χ1) is 17.9. The van der Waals surface area contributed by atoms with Crippen molar-refractivity contribution in [3.05, 3.63) is 82.4 Å². The third-order valence-electron chi connectivity index (χ3n) is 8.64. The van der Waals surface area contributed by atoms with Gasteiger partial charge in [0.15, 0.2) is 0 Å². The van der Waals surface area contributed by atoms with Gasteiger partial charge in [-0.15, -0.1) is 0 Å². The van der Waals surface area contributed by atoms with Crippen LogP contribution in [0.1, 0.15) is 60.4 Å². The molecule has 2 aliphatic heterocycles. The smallest absolute Gasteiger partial charge is 0.205 e. The fraction of sp³-hybridized carbons (Fsp3) is 0.323. The summed E-state index contributed by atoms with van der Waals surface area (Å²) in [5.74, 6) is 0.846. The quantitative estimate of drug-likeness (QED) is 0.351. The van der Waals surface area contributed by atoms with Gasteiger partial charge in [-0.2, -0.15) is 5.26 Å².